The van der Waals surface area contributed by atoms with Crippen molar-refractivity contribution in [1.29, 1.82) is 0 Å². The first kappa shape index (κ1) is 19.3. The molecule has 3 heterocycles. The number of aromatic nitrogens is 1. The van der Waals surface area contributed by atoms with Crippen LogP contribution in [-0.2, 0) is 0 Å². The van der Waals surface area contributed by atoms with Gasteiger partial charge in [0, 0.05) is 36.1 Å². The molecule has 3 N–H and O–H groups in total. The average molecular weight is 403 g/mol. The Kier molecular flexibility index (Phi) is 5.32. The molecule has 2 saturated heterocycles. The van der Waals surface area contributed by atoms with Crippen LogP contribution >= 0.6 is 0 Å². The Balaban J connectivity index is 1.26. The van der Waals surface area contributed by atoms with Crippen molar-refractivity contribution in [3.8, 4) is 11.1 Å². The average Bonchev–Trinajstić information content (AvgIpc) is 3.41. The lowest BCUT2D eigenvalue weighted by atomic mass is 10.0. The zero-order chi connectivity index (χ0) is 20.5. The summed E-state index contributed by atoms with van der Waals surface area (Å²) in [7, 11) is 0. The molecule has 0 unspecified atom stereocenters. The number of hydrogen-bond acceptors (Lipinski definition) is 3. The number of nitrogens with zero attached hydrogens (tertiary/aromatic N) is 1. The Morgan fingerprint density at radius 3 is 2.57 bits per heavy atom. The van der Waals surface area contributed by atoms with Gasteiger partial charge < -0.3 is 15.6 Å². The Hall–Kier alpha value is -2.63. The van der Waals surface area contributed by atoms with Crippen molar-refractivity contribution in [1.82, 2.24) is 20.5 Å². The zero-order valence-electron chi connectivity index (χ0n) is 17.6. The zero-order valence-corrected chi connectivity index (χ0v) is 17.6. The Morgan fingerprint density at radius 1 is 1.00 bits per heavy atom. The van der Waals surface area contributed by atoms with Gasteiger partial charge in [0.2, 0.25) is 0 Å². The van der Waals surface area contributed by atoms with E-state index in [1.165, 1.54) is 24.0 Å². The molecular formula is C25H30N4O. The minimum Gasteiger partial charge on any atom is -0.351 e. The van der Waals surface area contributed by atoms with Gasteiger partial charge in [-0.15, -0.1) is 0 Å². The summed E-state index contributed by atoms with van der Waals surface area (Å²) >= 11 is 0. The molecule has 1 atom stereocenters. The van der Waals surface area contributed by atoms with E-state index in [0.29, 0.717) is 11.7 Å². The number of nitrogens with one attached hydrogen (secondary N) is 3. The van der Waals surface area contributed by atoms with Crippen LogP contribution in [0.5, 0.6) is 0 Å². The van der Waals surface area contributed by atoms with E-state index in [-0.39, 0.29) is 11.9 Å². The molecule has 156 valence electrons. The molecule has 2 aromatic carbocycles. The van der Waals surface area contributed by atoms with E-state index in [0.717, 1.165) is 49.1 Å². The number of H-pyrrole nitrogens is 1. The monoisotopic (exact) mass is 402 g/mol. The maximum atomic E-state index is 12.9. The second-order valence-electron chi connectivity index (χ2n) is 8.79. The minimum atomic E-state index is 0.000228. The SMILES string of the molecule is Cc1ccc(-c2ccc3cc(C(=O)N[C@H]4CCN(C5CCNCC5)C4)[nH]c3c2)cc1. The Labute approximate surface area is 177 Å². The first-order valence-electron chi connectivity index (χ1n) is 11.1. The maximum Gasteiger partial charge on any atom is 0.267 e. The molecule has 5 rings (SSSR count). The quantitative estimate of drug-likeness (QED) is 0.624. The topological polar surface area (TPSA) is 60.2 Å². The van der Waals surface area contributed by atoms with E-state index in [4.69, 9.17) is 0 Å². The number of carbonyl (C=O) groups excluding carboxylic acids is 1. The fourth-order valence-corrected chi connectivity index (χ4v) is 4.85. The molecular weight excluding hydrogens is 372 g/mol. The van der Waals surface area contributed by atoms with E-state index in [1.54, 1.807) is 0 Å². The van der Waals surface area contributed by atoms with Gasteiger partial charge in [-0.05, 0) is 62.5 Å². The molecule has 0 bridgehead atoms. The van der Waals surface area contributed by atoms with Crippen LogP contribution in [0.1, 0.15) is 35.3 Å². The first-order valence-corrected chi connectivity index (χ1v) is 11.1. The highest BCUT2D eigenvalue weighted by molar-refractivity contribution is 5.99. The van der Waals surface area contributed by atoms with Crippen LogP contribution in [0.2, 0.25) is 0 Å². The van der Waals surface area contributed by atoms with Crippen LogP contribution < -0.4 is 10.6 Å². The number of likely N-dealkylation sites (tertiary alicyclic amines) is 1. The maximum absolute atomic E-state index is 12.9. The molecule has 2 fully saturated rings. The van der Waals surface area contributed by atoms with Crippen LogP contribution in [0, 0.1) is 6.92 Å². The van der Waals surface area contributed by atoms with Crippen molar-refractivity contribution in [2.75, 3.05) is 26.2 Å². The van der Waals surface area contributed by atoms with E-state index in [2.05, 4.69) is 69.9 Å². The lowest BCUT2D eigenvalue weighted by molar-refractivity contribution is 0.0930. The molecule has 0 spiro atoms. The lowest BCUT2D eigenvalue weighted by Gasteiger charge is -2.31. The Bertz CT molecular complexity index is 1030. The summed E-state index contributed by atoms with van der Waals surface area (Å²) in [6.45, 7) is 6.37. The summed E-state index contributed by atoms with van der Waals surface area (Å²) in [4.78, 5) is 18.8. The predicted molar refractivity (Wildman–Crippen MR) is 122 cm³/mol. The molecule has 0 saturated carbocycles. The van der Waals surface area contributed by atoms with E-state index in [1.807, 2.05) is 6.07 Å². The van der Waals surface area contributed by atoms with Gasteiger partial charge in [0.25, 0.3) is 5.91 Å². The second-order valence-corrected chi connectivity index (χ2v) is 8.79. The molecule has 2 aliphatic heterocycles. The number of benzene rings is 2. The second kappa shape index (κ2) is 8.25. The third-order valence-electron chi connectivity index (χ3n) is 6.63. The molecule has 2 aliphatic rings. The molecule has 0 aliphatic carbocycles. The standard InChI is InChI=1S/C25H30N4O/c1-17-2-4-18(5-3-17)19-6-7-20-15-24(28-23(20)14-19)25(30)27-21-10-13-29(16-21)22-8-11-26-12-9-22/h2-7,14-15,21-22,26,28H,8-13,16H2,1H3,(H,27,30)/t21-/m0/s1. The van der Waals surface area contributed by atoms with Crippen molar-refractivity contribution in [3.05, 3.63) is 59.8 Å². The van der Waals surface area contributed by atoms with Gasteiger partial charge in [0.15, 0.2) is 0 Å². The van der Waals surface area contributed by atoms with Gasteiger partial charge in [-0.2, -0.15) is 0 Å². The number of hydrogen-bond donors (Lipinski definition) is 3. The number of aromatic amines is 1. The summed E-state index contributed by atoms with van der Waals surface area (Å²) in [6.07, 6.45) is 3.46. The van der Waals surface area contributed by atoms with Gasteiger partial charge in [0.1, 0.15) is 5.69 Å². The third-order valence-corrected chi connectivity index (χ3v) is 6.63. The molecule has 1 amide bonds. The van der Waals surface area contributed by atoms with Gasteiger partial charge in [-0.25, -0.2) is 0 Å². The number of aryl methyl sites for hydroxylation is 1. The largest absolute Gasteiger partial charge is 0.351 e. The summed E-state index contributed by atoms with van der Waals surface area (Å²) in [5.74, 6) is 0.000228. The van der Waals surface area contributed by atoms with Crippen LogP contribution in [0.3, 0.4) is 0 Å². The smallest absolute Gasteiger partial charge is 0.267 e. The molecule has 30 heavy (non-hydrogen) atoms. The van der Waals surface area contributed by atoms with E-state index >= 15 is 0 Å². The van der Waals surface area contributed by atoms with Gasteiger partial charge in [0.05, 0.1) is 0 Å². The third kappa shape index (κ3) is 4.00. The van der Waals surface area contributed by atoms with Crippen molar-refractivity contribution in [2.45, 2.75) is 38.3 Å². The van der Waals surface area contributed by atoms with Gasteiger partial charge in [-0.3, -0.25) is 9.69 Å². The fraction of sp³-hybridized carbons (Fsp3) is 0.400. The highest BCUT2D eigenvalue weighted by atomic mass is 16.2. The molecule has 0 radical (unpaired) electrons. The predicted octanol–water partition coefficient (Wildman–Crippen LogP) is 3.70. The number of carbonyl (C=O) groups is 1. The van der Waals surface area contributed by atoms with Crippen molar-refractivity contribution in [3.63, 3.8) is 0 Å². The summed E-state index contributed by atoms with van der Waals surface area (Å²) in [5.41, 5.74) is 5.24. The molecule has 3 aromatic rings. The van der Waals surface area contributed by atoms with Crippen molar-refractivity contribution >= 4 is 16.8 Å². The van der Waals surface area contributed by atoms with Crippen LogP contribution in [0.4, 0.5) is 0 Å². The van der Waals surface area contributed by atoms with E-state index < -0.39 is 0 Å². The van der Waals surface area contributed by atoms with E-state index in [9.17, 15) is 4.79 Å². The van der Waals surface area contributed by atoms with Crippen LogP contribution in [0.25, 0.3) is 22.0 Å². The number of amides is 1. The highest BCUT2D eigenvalue weighted by Gasteiger charge is 2.30. The van der Waals surface area contributed by atoms with Crippen LogP contribution in [0.15, 0.2) is 48.5 Å². The van der Waals surface area contributed by atoms with Gasteiger partial charge >= 0.3 is 0 Å². The Morgan fingerprint density at radius 2 is 1.77 bits per heavy atom. The normalized spacial score (nSPS) is 20.6. The molecule has 1 aromatic heterocycles. The van der Waals surface area contributed by atoms with Crippen LogP contribution in [-0.4, -0.2) is 54.1 Å². The summed E-state index contributed by atoms with van der Waals surface area (Å²) < 4.78 is 0. The highest BCUT2D eigenvalue weighted by Crippen LogP contribution is 2.25. The molecule has 5 heteroatoms. The number of rotatable bonds is 4. The van der Waals surface area contributed by atoms with Crippen molar-refractivity contribution < 1.29 is 4.79 Å². The molecule has 5 nitrogen and oxygen atoms in total. The summed E-state index contributed by atoms with van der Waals surface area (Å²) in [5, 5.41) is 7.75. The minimum absolute atomic E-state index is 0.000228. The lowest BCUT2D eigenvalue weighted by Crippen LogP contribution is -2.44. The van der Waals surface area contributed by atoms with Gasteiger partial charge in [-0.1, -0.05) is 42.0 Å². The fourth-order valence-electron chi connectivity index (χ4n) is 4.85. The van der Waals surface area contributed by atoms with Crippen molar-refractivity contribution in [2.24, 2.45) is 0 Å². The summed E-state index contributed by atoms with van der Waals surface area (Å²) in [6, 6.07) is 17.7. The number of piperidine rings is 1. The first-order chi connectivity index (χ1) is 14.7. The number of fused-ring (bicyclic) bond motifs is 1.